The van der Waals surface area contributed by atoms with Gasteiger partial charge in [-0.1, -0.05) is 50.2 Å². The molecule has 3 nitrogen and oxygen atoms in total. The lowest BCUT2D eigenvalue weighted by molar-refractivity contribution is -0.137. The maximum absolute atomic E-state index is 12.9. The third-order valence-electron chi connectivity index (χ3n) is 4.22. The second-order valence-corrected chi connectivity index (χ2v) is 6.74. The van der Waals surface area contributed by atoms with Crippen LogP contribution in [0.4, 0.5) is 13.2 Å². The van der Waals surface area contributed by atoms with E-state index in [0.717, 1.165) is 17.7 Å². The maximum Gasteiger partial charge on any atom is 0.416 e. The third-order valence-corrected chi connectivity index (χ3v) is 4.22. The summed E-state index contributed by atoms with van der Waals surface area (Å²) in [4.78, 5) is 12.5. The minimum Gasteiger partial charge on any atom is -0.380 e. The summed E-state index contributed by atoms with van der Waals surface area (Å²) in [6.45, 7) is 4.10. The van der Waals surface area contributed by atoms with Gasteiger partial charge in [-0.25, -0.2) is 0 Å². The lowest BCUT2D eigenvalue weighted by Gasteiger charge is -2.26. The summed E-state index contributed by atoms with van der Waals surface area (Å²) < 4.78 is 43.9. The van der Waals surface area contributed by atoms with E-state index in [1.54, 1.807) is 45.2 Å². The van der Waals surface area contributed by atoms with Gasteiger partial charge in [0.25, 0.3) is 5.91 Å². The standard InChI is InChI=1S/C20H22F3NO2/c1-19(2,15-8-6-9-16(11-15)20(21,22)23)13-24-18(25)17-10-5-4-7-14(17)12-26-3/h4-11H,12-13H2,1-3H3,(H,24,25). The normalized spacial score (nSPS) is 12.1. The van der Waals surface area contributed by atoms with Gasteiger partial charge in [0.15, 0.2) is 0 Å². The van der Waals surface area contributed by atoms with Gasteiger partial charge < -0.3 is 10.1 Å². The summed E-state index contributed by atoms with van der Waals surface area (Å²) in [5.74, 6) is -0.280. The number of ether oxygens (including phenoxy) is 1. The summed E-state index contributed by atoms with van der Waals surface area (Å²) in [7, 11) is 1.55. The van der Waals surface area contributed by atoms with Crippen molar-refractivity contribution in [1.29, 1.82) is 0 Å². The highest BCUT2D eigenvalue weighted by molar-refractivity contribution is 5.95. The van der Waals surface area contributed by atoms with Crippen molar-refractivity contribution in [2.45, 2.75) is 32.0 Å². The Hall–Kier alpha value is -2.34. The third kappa shape index (κ3) is 4.85. The second-order valence-electron chi connectivity index (χ2n) is 6.74. The highest BCUT2D eigenvalue weighted by Crippen LogP contribution is 2.32. The fourth-order valence-electron chi connectivity index (χ4n) is 2.64. The first-order chi connectivity index (χ1) is 12.1. The van der Waals surface area contributed by atoms with Crippen molar-refractivity contribution >= 4 is 5.91 Å². The average molecular weight is 365 g/mol. The summed E-state index contributed by atoms with van der Waals surface area (Å²) >= 11 is 0. The van der Waals surface area contributed by atoms with Gasteiger partial charge in [0.1, 0.15) is 0 Å². The predicted octanol–water partition coefficient (Wildman–Crippen LogP) is 4.56. The van der Waals surface area contributed by atoms with Crippen LogP contribution in [0.3, 0.4) is 0 Å². The number of rotatable bonds is 6. The summed E-state index contributed by atoms with van der Waals surface area (Å²) in [6, 6.07) is 12.3. The smallest absolute Gasteiger partial charge is 0.380 e. The molecule has 6 heteroatoms. The van der Waals surface area contributed by atoms with Gasteiger partial charge in [-0.15, -0.1) is 0 Å². The molecule has 0 spiro atoms. The van der Waals surface area contributed by atoms with Crippen LogP contribution < -0.4 is 5.32 Å². The topological polar surface area (TPSA) is 38.3 Å². The molecule has 0 aliphatic carbocycles. The molecule has 26 heavy (non-hydrogen) atoms. The number of halogens is 3. The van der Waals surface area contributed by atoms with Crippen molar-refractivity contribution < 1.29 is 22.7 Å². The zero-order valence-corrected chi connectivity index (χ0v) is 15.0. The Balaban J connectivity index is 2.14. The van der Waals surface area contributed by atoms with E-state index < -0.39 is 17.2 Å². The minimum atomic E-state index is -4.39. The number of carbonyl (C=O) groups excluding carboxylic acids is 1. The Morgan fingerprint density at radius 1 is 1.04 bits per heavy atom. The Bertz CT molecular complexity index is 770. The van der Waals surface area contributed by atoms with Gasteiger partial charge in [-0.3, -0.25) is 4.79 Å². The van der Waals surface area contributed by atoms with Gasteiger partial charge >= 0.3 is 6.18 Å². The molecule has 0 fully saturated rings. The molecule has 140 valence electrons. The van der Waals surface area contributed by atoms with E-state index in [2.05, 4.69) is 5.32 Å². The summed E-state index contributed by atoms with van der Waals surface area (Å²) in [6.07, 6.45) is -4.39. The molecule has 0 aliphatic heterocycles. The molecule has 1 N–H and O–H groups in total. The van der Waals surface area contributed by atoms with Crippen molar-refractivity contribution in [2.75, 3.05) is 13.7 Å². The fraction of sp³-hybridized carbons (Fsp3) is 0.350. The van der Waals surface area contributed by atoms with E-state index in [4.69, 9.17) is 4.74 Å². The number of methoxy groups -OCH3 is 1. The predicted molar refractivity (Wildman–Crippen MR) is 94.0 cm³/mol. The minimum absolute atomic E-state index is 0.203. The molecule has 0 unspecified atom stereocenters. The molecule has 2 rings (SSSR count). The van der Waals surface area contributed by atoms with Crippen molar-refractivity contribution in [3.05, 3.63) is 70.8 Å². The first-order valence-corrected chi connectivity index (χ1v) is 8.18. The van der Waals surface area contributed by atoms with Crippen molar-refractivity contribution in [3.63, 3.8) is 0 Å². The average Bonchev–Trinajstić information content (AvgIpc) is 2.60. The molecule has 2 aromatic rings. The molecule has 2 aromatic carbocycles. The Morgan fingerprint density at radius 2 is 1.69 bits per heavy atom. The van der Waals surface area contributed by atoms with E-state index in [1.807, 2.05) is 6.07 Å². The largest absolute Gasteiger partial charge is 0.416 e. The van der Waals surface area contributed by atoms with Crippen molar-refractivity contribution in [3.8, 4) is 0 Å². The van der Waals surface area contributed by atoms with Gasteiger partial charge in [-0.05, 0) is 23.3 Å². The van der Waals surface area contributed by atoms with Gasteiger partial charge in [0.2, 0.25) is 0 Å². The Kier molecular flexibility index (Phi) is 6.08. The monoisotopic (exact) mass is 365 g/mol. The zero-order valence-electron chi connectivity index (χ0n) is 15.0. The lowest BCUT2D eigenvalue weighted by Crippen LogP contribution is -2.37. The second kappa shape index (κ2) is 7.91. The highest BCUT2D eigenvalue weighted by Gasteiger charge is 2.32. The molecule has 0 saturated carbocycles. The van der Waals surface area contributed by atoms with E-state index in [0.29, 0.717) is 17.7 Å². The number of hydrogen-bond acceptors (Lipinski definition) is 2. The molecular formula is C20H22F3NO2. The van der Waals surface area contributed by atoms with Crippen LogP contribution >= 0.6 is 0 Å². The number of nitrogens with one attached hydrogen (secondary N) is 1. The molecule has 1 amide bonds. The summed E-state index contributed by atoms with van der Waals surface area (Å²) in [5.41, 5.74) is 0.406. The van der Waals surface area contributed by atoms with Crippen LogP contribution in [0.15, 0.2) is 48.5 Å². The Morgan fingerprint density at radius 3 is 2.35 bits per heavy atom. The zero-order chi connectivity index (χ0) is 19.4. The quantitative estimate of drug-likeness (QED) is 0.815. The van der Waals surface area contributed by atoms with Crippen LogP contribution in [-0.2, 0) is 22.9 Å². The number of amides is 1. The molecule has 0 aliphatic rings. The van der Waals surface area contributed by atoms with E-state index in [1.165, 1.54) is 6.07 Å². The van der Waals surface area contributed by atoms with Crippen LogP contribution in [0.5, 0.6) is 0 Å². The molecular weight excluding hydrogens is 343 g/mol. The number of carbonyl (C=O) groups is 1. The van der Waals surface area contributed by atoms with Crippen molar-refractivity contribution in [2.24, 2.45) is 0 Å². The molecule has 0 radical (unpaired) electrons. The van der Waals surface area contributed by atoms with E-state index in [-0.39, 0.29) is 12.5 Å². The van der Waals surface area contributed by atoms with Gasteiger partial charge in [0, 0.05) is 24.6 Å². The summed E-state index contributed by atoms with van der Waals surface area (Å²) in [5, 5.41) is 2.82. The van der Waals surface area contributed by atoms with E-state index >= 15 is 0 Å². The van der Waals surface area contributed by atoms with Crippen LogP contribution in [0, 0.1) is 0 Å². The Labute approximate surface area is 151 Å². The SMILES string of the molecule is COCc1ccccc1C(=O)NCC(C)(C)c1cccc(C(F)(F)F)c1. The van der Waals surface area contributed by atoms with E-state index in [9.17, 15) is 18.0 Å². The molecule has 0 atom stereocenters. The van der Waals surface area contributed by atoms with Crippen LogP contribution in [0.25, 0.3) is 0 Å². The fourth-order valence-corrected chi connectivity index (χ4v) is 2.64. The highest BCUT2D eigenvalue weighted by atomic mass is 19.4. The van der Waals surface area contributed by atoms with Crippen LogP contribution in [-0.4, -0.2) is 19.6 Å². The lowest BCUT2D eigenvalue weighted by atomic mass is 9.83. The van der Waals surface area contributed by atoms with Crippen LogP contribution in [0.2, 0.25) is 0 Å². The van der Waals surface area contributed by atoms with Gasteiger partial charge in [0.05, 0.1) is 12.2 Å². The first kappa shape index (κ1) is 20.0. The maximum atomic E-state index is 12.9. The molecule has 0 saturated heterocycles. The number of hydrogen-bond donors (Lipinski definition) is 1. The molecule has 0 bridgehead atoms. The van der Waals surface area contributed by atoms with Crippen LogP contribution in [0.1, 0.15) is 40.9 Å². The van der Waals surface area contributed by atoms with Crippen molar-refractivity contribution in [1.82, 2.24) is 5.32 Å². The molecule has 0 aromatic heterocycles. The molecule has 0 heterocycles. The van der Waals surface area contributed by atoms with Gasteiger partial charge in [-0.2, -0.15) is 13.2 Å². The number of alkyl halides is 3. The number of benzene rings is 2. The first-order valence-electron chi connectivity index (χ1n) is 8.18.